The van der Waals surface area contributed by atoms with Crippen LogP contribution in [0.3, 0.4) is 0 Å². The normalized spacial score (nSPS) is 11.6. The number of aromatic nitrogens is 8. The van der Waals surface area contributed by atoms with Crippen molar-refractivity contribution in [2.45, 2.75) is 13.1 Å². The van der Waals surface area contributed by atoms with E-state index in [2.05, 4.69) is 35.3 Å². The highest BCUT2D eigenvalue weighted by Crippen LogP contribution is 2.25. The van der Waals surface area contributed by atoms with E-state index in [0.29, 0.717) is 44.2 Å². The van der Waals surface area contributed by atoms with Gasteiger partial charge in [-0.15, -0.1) is 0 Å². The first-order chi connectivity index (χ1) is 15.4. The van der Waals surface area contributed by atoms with Gasteiger partial charge in [-0.1, -0.05) is 0 Å². The summed E-state index contributed by atoms with van der Waals surface area (Å²) >= 11 is 6.06. The monoisotopic (exact) mass is 460 g/mol. The minimum absolute atomic E-state index is 0.0503. The zero-order chi connectivity index (χ0) is 22.4. The number of H-pyrrole nitrogens is 1. The summed E-state index contributed by atoms with van der Waals surface area (Å²) in [5.41, 5.74) is 2.01. The molecule has 0 aliphatic carbocycles. The zero-order valence-electron chi connectivity index (χ0n) is 15.8. The summed E-state index contributed by atoms with van der Waals surface area (Å²) in [5.74, 6) is 0.799. The van der Waals surface area contributed by atoms with E-state index >= 15 is 0 Å². The predicted molar refractivity (Wildman–Crippen MR) is 109 cm³/mol. The number of nitrogens with one attached hydrogen (secondary N) is 2. The third-order valence-electron chi connectivity index (χ3n) is 4.58. The van der Waals surface area contributed by atoms with Crippen LogP contribution in [-0.4, -0.2) is 44.2 Å². The number of imidazole rings is 2. The molecule has 32 heavy (non-hydrogen) atoms. The summed E-state index contributed by atoms with van der Waals surface area (Å²) < 4.78 is 27.6. The van der Waals surface area contributed by atoms with Crippen molar-refractivity contribution >= 4 is 45.3 Å². The topological polar surface area (TPSA) is 145 Å². The minimum atomic E-state index is -2.78. The van der Waals surface area contributed by atoms with E-state index in [9.17, 15) is 18.9 Å². The average molecular weight is 461 g/mol. The van der Waals surface area contributed by atoms with Crippen LogP contribution in [0.25, 0.3) is 27.9 Å². The lowest BCUT2D eigenvalue weighted by Gasteiger charge is -2.05. The second-order valence-corrected chi connectivity index (χ2v) is 6.92. The maximum absolute atomic E-state index is 12.8. The maximum atomic E-state index is 12.8. The van der Waals surface area contributed by atoms with Gasteiger partial charge < -0.3 is 10.3 Å². The first kappa shape index (κ1) is 19.7. The number of nitrogens with zero attached hydrogens (tertiary/aromatic N) is 8. The number of hydrogen-bond acceptors (Lipinski definition) is 8. The Hall–Kier alpha value is -4.20. The number of rotatable bonds is 6. The summed E-state index contributed by atoms with van der Waals surface area (Å²) in [4.78, 5) is 30.4. The third-order valence-corrected chi connectivity index (χ3v) is 4.75. The standard InChI is InChI=1S/C17H11ClF2N10O2/c18-16-26-14(21-5-12-24-10-2-1-8(30(31)32)3-11(10)25-12)13-15(27-16)28(7-22-13)9-4-23-29(6-9)17(19)20/h1-4,6-7,17H,5H2,(H,24,25)(H,21,26,27). The maximum Gasteiger partial charge on any atom is 0.333 e. The van der Waals surface area contributed by atoms with E-state index in [1.54, 1.807) is 6.07 Å². The van der Waals surface area contributed by atoms with Crippen LogP contribution >= 0.6 is 11.6 Å². The van der Waals surface area contributed by atoms with Crippen LogP contribution in [0.15, 0.2) is 36.9 Å². The Kier molecular flexibility index (Phi) is 4.62. The fraction of sp³-hybridized carbons (Fsp3) is 0.118. The molecule has 0 bridgehead atoms. The third kappa shape index (κ3) is 3.45. The predicted octanol–water partition coefficient (Wildman–Crippen LogP) is 3.46. The summed E-state index contributed by atoms with van der Waals surface area (Å²) in [6.45, 7) is -2.60. The van der Waals surface area contributed by atoms with Gasteiger partial charge in [0.05, 0.1) is 40.6 Å². The van der Waals surface area contributed by atoms with E-state index in [1.807, 2.05) is 0 Å². The van der Waals surface area contributed by atoms with Gasteiger partial charge in [0.1, 0.15) is 12.2 Å². The first-order valence-electron chi connectivity index (χ1n) is 8.99. The Labute approximate surface area is 181 Å². The summed E-state index contributed by atoms with van der Waals surface area (Å²) in [5, 5.41) is 17.5. The van der Waals surface area contributed by atoms with Gasteiger partial charge in [0.25, 0.3) is 5.69 Å². The molecule has 0 unspecified atom stereocenters. The molecule has 0 saturated heterocycles. The minimum Gasteiger partial charge on any atom is -0.361 e. The van der Waals surface area contributed by atoms with Crippen LogP contribution < -0.4 is 5.32 Å². The molecule has 0 aliphatic rings. The number of nitro benzene ring substituents is 1. The Balaban J connectivity index is 1.45. The van der Waals surface area contributed by atoms with Gasteiger partial charge in [-0.25, -0.2) is 14.6 Å². The molecule has 2 N–H and O–H groups in total. The summed E-state index contributed by atoms with van der Waals surface area (Å²) in [6.07, 6.45) is 3.81. The molecule has 4 heterocycles. The van der Waals surface area contributed by atoms with Gasteiger partial charge in [0, 0.05) is 12.1 Å². The SMILES string of the molecule is O=[N+]([O-])c1ccc2nc(CNc3nc(Cl)nc4c3ncn4-c3cnn(C(F)F)c3)[nH]c2c1. The van der Waals surface area contributed by atoms with Gasteiger partial charge >= 0.3 is 6.55 Å². The Morgan fingerprint density at radius 1 is 1.28 bits per heavy atom. The molecule has 0 atom stereocenters. The number of benzene rings is 1. The number of alkyl halides is 2. The number of non-ortho nitro benzene ring substituents is 1. The van der Waals surface area contributed by atoms with Gasteiger partial charge in [-0.3, -0.25) is 14.7 Å². The Morgan fingerprint density at radius 3 is 2.88 bits per heavy atom. The molecule has 0 radical (unpaired) electrons. The van der Waals surface area contributed by atoms with Crippen molar-refractivity contribution in [3.8, 4) is 5.69 Å². The number of fused-ring (bicyclic) bond motifs is 2. The number of nitro groups is 1. The smallest absolute Gasteiger partial charge is 0.333 e. The largest absolute Gasteiger partial charge is 0.361 e. The molecule has 5 aromatic rings. The van der Waals surface area contributed by atoms with Gasteiger partial charge in [0.15, 0.2) is 17.0 Å². The van der Waals surface area contributed by atoms with Crippen LogP contribution in [0.4, 0.5) is 20.3 Å². The molecule has 0 fully saturated rings. The second-order valence-electron chi connectivity index (χ2n) is 6.58. The van der Waals surface area contributed by atoms with Crippen LogP contribution in [0.5, 0.6) is 0 Å². The lowest BCUT2D eigenvalue weighted by atomic mass is 10.3. The molecule has 12 nitrogen and oxygen atoms in total. The number of hydrogen-bond donors (Lipinski definition) is 2. The number of anilines is 1. The van der Waals surface area contributed by atoms with Gasteiger partial charge in [-0.05, 0) is 17.7 Å². The molecular weight excluding hydrogens is 450 g/mol. The van der Waals surface area contributed by atoms with E-state index in [1.165, 1.54) is 29.2 Å². The van der Waals surface area contributed by atoms with Crippen molar-refractivity contribution < 1.29 is 13.7 Å². The highest BCUT2D eigenvalue weighted by Gasteiger charge is 2.17. The molecule has 162 valence electrons. The molecule has 15 heteroatoms. The van der Waals surface area contributed by atoms with Crippen LogP contribution in [-0.2, 0) is 6.54 Å². The van der Waals surface area contributed by atoms with Crippen molar-refractivity contribution in [2.75, 3.05) is 5.32 Å². The molecule has 5 rings (SSSR count). The first-order valence-corrected chi connectivity index (χ1v) is 9.37. The van der Waals surface area contributed by atoms with Crippen molar-refractivity contribution in [1.29, 1.82) is 0 Å². The van der Waals surface area contributed by atoms with E-state index in [-0.39, 0.29) is 17.5 Å². The van der Waals surface area contributed by atoms with Gasteiger partial charge in [-0.2, -0.15) is 23.8 Å². The lowest BCUT2D eigenvalue weighted by Crippen LogP contribution is -2.05. The highest BCUT2D eigenvalue weighted by atomic mass is 35.5. The molecule has 0 amide bonds. The van der Waals surface area contributed by atoms with Crippen LogP contribution in [0, 0.1) is 10.1 Å². The van der Waals surface area contributed by atoms with E-state index in [0.717, 1.165) is 6.20 Å². The molecular formula is C17H11ClF2N10O2. The van der Waals surface area contributed by atoms with Crippen molar-refractivity contribution in [3.05, 3.63) is 58.1 Å². The molecule has 0 spiro atoms. The van der Waals surface area contributed by atoms with Crippen LogP contribution in [0.2, 0.25) is 5.28 Å². The van der Waals surface area contributed by atoms with E-state index < -0.39 is 11.5 Å². The average Bonchev–Trinajstić information content (AvgIpc) is 3.48. The quantitative estimate of drug-likeness (QED) is 0.222. The molecule has 4 aromatic heterocycles. The van der Waals surface area contributed by atoms with Crippen molar-refractivity contribution in [3.63, 3.8) is 0 Å². The highest BCUT2D eigenvalue weighted by molar-refractivity contribution is 6.28. The molecule has 0 aliphatic heterocycles. The number of halogens is 3. The lowest BCUT2D eigenvalue weighted by molar-refractivity contribution is -0.384. The molecule has 0 saturated carbocycles. The van der Waals surface area contributed by atoms with Crippen molar-refractivity contribution in [2.24, 2.45) is 0 Å². The van der Waals surface area contributed by atoms with Crippen LogP contribution in [0.1, 0.15) is 12.4 Å². The number of aromatic amines is 1. The summed E-state index contributed by atoms with van der Waals surface area (Å²) in [7, 11) is 0. The van der Waals surface area contributed by atoms with Crippen molar-refractivity contribution in [1.82, 2.24) is 39.3 Å². The van der Waals surface area contributed by atoms with E-state index in [4.69, 9.17) is 11.6 Å². The summed E-state index contributed by atoms with van der Waals surface area (Å²) in [6, 6.07) is 4.32. The Bertz CT molecular complexity index is 1480. The zero-order valence-corrected chi connectivity index (χ0v) is 16.5. The Morgan fingerprint density at radius 2 is 2.12 bits per heavy atom. The molecule has 1 aromatic carbocycles. The fourth-order valence-electron chi connectivity index (χ4n) is 3.16. The fourth-order valence-corrected chi connectivity index (χ4v) is 3.32. The van der Waals surface area contributed by atoms with Gasteiger partial charge in [0.2, 0.25) is 5.28 Å². The second kappa shape index (κ2) is 7.49.